The number of hydrogen-bond donors (Lipinski definition) is 2. The summed E-state index contributed by atoms with van der Waals surface area (Å²) in [5.41, 5.74) is 7.77. The number of carbonyl (C=O) groups is 1. The molecule has 1 aromatic carbocycles. The highest BCUT2D eigenvalue weighted by molar-refractivity contribution is 5.93. The van der Waals surface area contributed by atoms with E-state index in [4.69, 9.17) is 10.2 Å². The Bertz CT molecular complexity index is 566. The molecule has 1 heterocycles. The van der Waals surface area contributed by atoms with Gasteiger partial charge in [-0.2, -0.15) is 0 Å². The fraction of sp³-hybridized carbons (Fsp3) is 0.385. The number of aryl methyl sites for hydroxylation is 1. The molecule has 1 aromatic heterocycles. The molecule has 0 fully saturated rings. The van der Waals surface area contributed by atoms with Crippen molar-refractivity contribution in [3.05, 3.63) is 24.1 Å². The first-order chi connectivity index (χ1) is 8.58. The average Bonchev–Trinajstić information content (AvgIpc) is 2.69. The Morgan fingerprint density at radius 1 is 1.53 bits per heavy atom. The predicted molar refractivity (Wildman–Crippen MR) is 77.5 cm³/mol. The highest BCUT2D eigenvalue weighted by Gasteiger charge is 2.08. The molecule has 1 atom stereocenters. The second kappa shape index (κ2) is 6.54. The van der Waals surface area contributed by atoms with E-state index in [2.05, 4.69) is 10.3 Å². The lowest BCUT2D eigenvalue weighted by molar-refractivity contribution is -0.116. The Morgan fingerprint density at radius 2 is 2.26 bits per heavy atom. The number of nitrogens with two attached hydrogens (primary N) is 1. The fourth-order valence-corrected chi connectivity index (χ4v) is 1.71. The van der Waals surface area contributed by atoms with Crippen molar-refractivity contribution in [2.24, 2.45) is 5.73 Å². The lowest BCUT2D eigenvalue weighted by Crippen LogP contribution is -2.23. The zero-order valence-electron chi connectivity index (χ0n) is 11.0. The van der Waals surface area contributed by atoms with Crippen LogP contribution in [0, 0.1) is 0 Å². The summed E-state index contributed by atoms with van der Waals surface area (Å²) in [6, 6.07) is 5.26. The summed E-state index contributed by atoms with van der Waals surface area (Å²) in [5.74, 6) is 0.604. The molecule has 5 nitrogen and oxygen atoms in total. The molecule has 0 aliphatic heterocycles. The van der Waals surface area contributed by atoms with Gasteiger partial charge in [-0.3, -0.25) is 4.79 Å². The van der Waals surface area contributed by atoms with Crippen LogP contribution in [0.4, 0.5) is 5.69 Å². The lowest BCUT2D eigenvalue weighted by Gasteiger charge is -2.06. The molecule has 0 saturated carbocycles. The molecule has 2 rings (SSSR count). The van der Waals surface area contributed by atoms with E-state index < -0.39 is 0 Å². The van der Waals surface area contributed by atoms with E-state index in [1.165, 1.54) is 0 Å². The van der Waals surface area contributed by atoms with Gasteiger partial charge in [0, 0.05) is 24.6 Å². The number of aromatic nitrogens is 1. The summed E-state index contributed by atoms with van der Waals surface area (Å²) in [6.45, 7) is 3.78. The van der Waals surface area contributed by atoms with Crippen LogP contribution in [-0.2, 0) is 11.2 Å². The van der Waals surface area contributed by atoms with Crippen LogP contribution < -0.4 is 11.1 Å². The normalized spacial score (nSPS) is 11.9. The molecule has 19 heavy (non-hydrogen) atoms. The molecule has 2 aromatic rings. The number of oxazole rings is 1. The predicted octanol–water partition coefficient (Wildman–Crippen LogP) is 2.49. The minimum atomic E-state index is -0.146. The van der Waals surface area contributed by atoms with Gasteiger partial charge in [-0.15, -0.1) is 12.4 Å². The molecule has 104 valence electrons. The molecule has 1 amide bonds. The standard InChI is InChI=1S/C13H17N3O2.ClH/c1-3-13-16-10-7-9(4-5-11(10)18-13)15-12(17)6-8(2)14;/h4-5,7-8H,3,6,14H2,1-2H3,(H,15,17);1H. The number of nitrogens with one attached hydrogen (secondary N) is 1. The quantitative estimate of drug-likeness (QED) is 0.903. The van der Waals surface area contributed by atoms with Crippen LogP contribution >= 0.6 is 12.4 Å². The highest BCUT2D eigenvalue weighted by atomic mass is 35.5. The summed E-state index contributed by atoms with van der Waals surface area (Å²) >= 11 is 0. The maximum absolute atomic E-state index is 11.6. The smallest absolute Gasteiger partial charge is 0.225 e. The van der Waals surface area contributed by atoms with E-state index in [1.54, 1.807) is 19.1 Å². The first-order valence-corrected chi connectivity index (χ1v) is 6.03. The average molecular weight is 284 g/mol. The highest BCUT2D eigenvalue weighted by Crippen LogP contribution is 2.20. The topological polar surface area (TPSA) is 81.2 Å². The molecule has 6 heteroatoms. The largest absolute Gasteiger partial charge is 0.441 e. The lowest BCUT2D eigenvalue weighted by atomic mass is 10.2. The maximum atomic E-state index is 11.6. The third kappa shape index (κ3) is 3.94. The van der Waals surface area contributed by atoms with Crippen LogP contribution in [0.5, 0.6) is 0 Å². The number of carbonyl (C=O) groups excluding carboxylic acids is 1. The molecule has 3 N–H and O–H groups in total. The first kappa shape index (κ1) is 15.5. The second-order valence-corrected chi connectivity index (χ2v) is 4.37. The van der Waals surface area contributed by atoms with E-state index >= 15 is 0 Å². The van der Waals surface area contributed by atoms with Crippen LogP contribution in [0.1, 0.15) is 26.2 Å². The zero-order valence-corrected chi connectivity index (χ0v) is 11.8. The molecule has 0 aliphatic rings. The number of fused-ring (bicyclic) bond motifs is 1. The number of rotatable bonds is 4. The van der Waals surface area contributed by atoms with Crippen LogP contribution in [0.3, 0.4) is 0 Å². The van der Waals surface area contributed by atoms with Crippen LogP contribution in [0.2, 0.25) is 0 Å². The molecular formula is C13H18ClN3O2. The van der Waals surface area contributed by atoms with E-state index in [-0.39, 0.29) is 24.4 Å². The van der Waals surface area contributed by atoms with Gasteiger partial charge >= 0.3 is 0 Å². The third-order valence-electron chi connectivity index (χ3n) is 2.53. The zero-order chi connectivity index (χ0) is 13.1. The van der Waals surface area contributed by atoms with Gasteiger partial charge in [0.15, 0.2) is 11.5 Å². The van der Waals surface area contributed by atoms with Crippen molar-refractivity contribution in [1.29, 1.82) is 0 Å². The number of halogens is 1. The number of hydrogen-bond acceptors (Lipinski definition) is 4. The van der Waals surface area contributed by atoms with Crippen molar-refractivity contribution < 1.29 is 9.21 Å². The summed E-state index contributed by atoms with van der Waals surface area (Å²) < 4.78 is 5.50. The van der Waals surface area contributed by atoms with Gasteiger partial charge in [0.25, 0.3) is 0 Å². The van der Waals surface area contributed by atoms with Crippen molar-refractivity contribution in [2.75, 3.05) is 5.32 Å². The molecule has 0 bridgehead atoms. The molecule has 0 saturated heterocycles. The molecule has 0 spiro atoms. The van der Waals surface area contributed by atoms with Gasteiger partial charge in [0.1, 0.15) is 5.52 Å². The summed E-state index contributed by atoms with van der Waals surface area (Å²) in [6.07, 6.45) is 1.05. The van der Waals surface area contributed by atoms with Crippen LogP contribution in [0.15, 0.2) is 22.6 Å². The Balaban J connectivity index is 0.00000180. The number of amides is 1. The molecule has 0 aliphatic carbocycles. The second-order valence-electron chi connectivity index (χ2n) is 4.37. The SMILES string of the molecule is CCc1nc2cc(NC(=O)CC(C)N)ccc2o1.Cl. The van der Waals surface area contributed by atoms with Gasteiger partial charge in [-0.05, 0) is 25.1 Å². The van der Waals surface area contributed by atoms with E-state index in [9.17, 15) is 4.79 Å². The number of nitrogens with zero attached hydrogens (tertiary/aromatic N) is 1. The first-order valence-electron chi connectivity index (χ1n) is 6.03. The van der Waals surface area contributed by atoms with Gasteiger partial charge in [-0.1, -0.05) is 6.92 Å². The van der Waals surface area contributed by atoms with Crippen molar-refractivity contribution in [2.45, 2.75) is 32.7 Å². The molecule has 0 radical (unpaired) electrons. The molecule has 1 unspecified atom stereocenters. The van der Waals surface area contributed by atoms with Gasteiger partial charge in [0.2, 0.25) is 5.91 Å². The van der Waals surface area contributed by atoms with Gasteiger partial charge < -0.3 is 15.5 Å². The molecular weight excluding hydrogens is 266 g/mol. The van der Waals surface area contributed by atoms with Crippen molar-refractivity contribution in [3.8, 4) is 0 Å². The van der Waals surface area contributed by atoms with E-state index in [0.29, 0.717) is 18.0 Å². The summed E-state index contributed by atoms with van der Waals surface area (Å²) in [4.78, 5) is 15.9. The Morgan fingerprint density at radius 3 is 2.89 bits per heavy atom. The van der Waals surface area contributed by atoms with Crippen molar-refractivity contribution in [1.82, 2.24) is 4.98 Å². The van der Waals surface area contributed by atoms with E-state index in [0.717, 1.165) is 17.5 Å². The number of benzene rings is 1. The monoisotopic (exact) mass is 283 g/mol. The third-order valence-corrected chi connectivity index (χ3v) is 2.53. The fourth-order valence-electron chi connectivity index (χ4n) is 1.71. The number of anilines is 1. The van der Waals surface area contributed by atoms with Crippen LogP contribution in [0.25, 0.3) is 11.1 Å². The van der Waals surface area contributed by atoms with E-state index in [1.807, 2.05) is 13.0 Å². The Kier molecular flexibility index (Phi) is 5.32. The van der Waals surface area contributed by atoms with Crippen molar-refractivity contribution in [3.63, 3.8) is 0 Å². The Labute approximate surface area is 118 Å². The summed E-state index contributed by atoms with van der Waals surface area (Å²) in [5, 5.41) is 2.79. The van der Waals surface area contributed by atoms with Gasteiger partial charge in [0.05, 0.1) is 0 Å². The van der Waals surface area contributed by atoms with Crippen molar-refractivity contribution >= 4 is 35.1 Å². The maximum Gasteiger partial charge on any atom is 0.225 e. The summed E-state index contributed by atoms with van der Waals surface area (Å²) in [7, 11) is 0. The Hall–Kier alpha value is -1.59. The van der Waals surface area contributed by atoms with Crippen LogP contribution in [-0.4, -0.2) is 16.9 Å². The van der Waals surface area contributed by atoms with Gasteiger partial charge in [-0.25, -0.2) is 4.98 Å². The minimum absolute atomic E-state index is 0. The minimum Gasteiger partial charge on any atom is -0.441 e.